The largest absolute Gasteiger partial charge is 0.419 e. The van der Waals surface area contributed by atoms with Crippen LogP contribution < -0.4 is 5.30 Å². The minimum Gasteiger partial charge on any atom is -0.419 e. The van der Waals surface area contributed by atoms with Crippen molar-refractivity contribution in [2.24, 2.45) is 0 Å². The maximum atomic E-state index is 3.55. The summed E-state index contributed by atoms with van der Waals surface area (Å²) in [7, 11) is -0.185. The lowest BCUT2D eigenvalue weighted by Gasteiger charge is -2.38. The Morgan fingerprint density at radius 3 is 1.40 bits per heavy atom. The summed E-state index contributed by atoms with van der Waals surface area (Å²) in [5.74, 6) is 0. The first-order valence-electron chi connectivity index (χ1n) is 9.35. The van der Waals surface area contributed by atoms with Crippen LogP contribution in [0.4, 0.5) is 0 Å². The van der Waals surface area contributed by atoms with Gasteiger partial charge in [-0.2, -0.15) is 10.8 Å². The lowest BCUT2D eigenvalue weighted by molar-refractivity contribution is 0.554. The molecule has 0 bridgehead atoms. The lowest BCUT2D eigenvalue weighted by atomic mass is 9.75. The molecule has 0 aromatic heterocycles. The van der Waals surface area contributed by atoms with Gasteiger partial charge in [-0.3, -0.25) is 5.66 Å². The molecule has 0 atom stereocenters. The second kappa shape index (κ2) is 7.21. The number of hydrogen-bond donors (Lipinski definition) is 0. The van der Waals surface area contributed by atoms with E-state index in [9.17, 15) is 0 Å². The fraction of sp³-hybridized carbons (Fsp3) is 0.652. The van der Waals surface area contributed by atoms with Crippen LogP contribution in [0.25, 0.3) is 0 Å². The highest BCUT2D eigenvalue weighted by Gasteiger charge is 2.25. The van der Waals surface area contributed by atoms with Gasteiger partial charge in [0.2, 0.25) is 0 Å². The average molecular weight is 374 g/mol. The standard InChI is InChI=1S/C23H38PSi/c1-21(2,3)17-15-18(22(4,5)6)20(19(16-17)23(7,8)9)24-13-14-25(10,11)12/h15-16H,1-12H3/q-1. The van der Waals surface area contributed by atoms with Crippen molar-refractivity contribution >= 4 is 22.0 Å². The highest BCUT2D eigenvalue weighted by Crippen LogP contribution is 2.36. The summed E-state index contributed by atoms with van der Waals surface area (Å²) in [5.41, 5.74) is 11.8. The van der Waals surface area contributed by atoms with Gasteiger partial charge in [0.1, 0.15) is 8.07 Å². The molecule has 1 aromatic rings. The van der Waals surface area contributed by atoms with E-state index < -0.39 is 8.07 Å². The molecule has 0 fully saturated rings. The Balaban J connectivity index is 3.73. The third-order valence-electron chi connectivity index (χ3n) is 4.19. The second-order valence-corrected chi connectivity index (χ2v) is 16.9. The number of benzene rings is 1. The van der Waals surface area contributed by atoms with Gasteiger partial charge in [-0.15, -0.1) is 0 Å². The van der Waals surface area contributed by atoms with Crippen LogP contribution in [-0.4, -0.2) is 8.07 Å². The number of hydrogen-bond acceptors (Lipinski definition) is 0. The van der Waals surface area contributed by atoms with Crippen LogP contribution in [0, 0.1) is 11.2 Å². The maximum absolute atomic E-state index is 3.55. The van der Waals surface area contributed by atoms with E-state index in [4.69, 9.17) is 0 Å². The molecule has 0 aliphatic rings. The van der Waals surface area contributed by atoms with Crippen LogP contribution in [0.1, 0.15) is 79.0 Å². The molecule has 0 heterocycles. The Morgan fingerprint density at radius 2 is 1.12 bits per heavy atom. The Labute approximate surface area is 160 Å². The van der Waals surface area contributed by atoms with Gasteiger partial charge in [0, 0.05) is 0 Å². The van der Waals surface area contributed by atoms with Crippen molar-refractivity contribution in [1.29, 1.82) is 0 Å². The molecular formula is C23H38PSi-. The van der Waals surface area contributed by atoms with Crippen LogP contribution in [0.15, 0.2) is 12.1 Å². The molecular weight excluding hydrogens is 335 g/mol. The van der Waals surface area contributed by atoms with E-state index in [0.717, 1.165) is 8.58 Å². The first kappa shape index (κ1) is 22.5. The van der Waals surface area contributed by atoms with E-state index >= 15 is 0 Å². The van der Waals surface area contributed by atoms with Gasteiger partial charge in [-0.25, -0.2) is 0 Å². The molecule has 25 heavy (non-hydrogen) atoms. The van der Waals surface area contributed by atoms with Crippen molar-refractivity contribution in [1.82, 2.24) is 0 Å². The van der Waals surface area contributed by atoms with Crippen molar-refractivity contribution in [2.75, 3.05) is 0 Å². The molecule has 0 saturated heterocycles. The summed E-state index contributed by atoms with van der Waals surface area (Å²) >= 11 is 0. The van der Waals surface area contributed by atoms with E-state index in [2.05, 4.69) is 105 Å². The normalized spacial score (nSPS) is 13.9. The minimum atomic E-state index is -1.35. The Morgan fingerprint density at radius 1 is 0.720 bits per heavy atom. The molecule has 0 spiro atoms. The quantitative estimate of drug-likeness (QED) is 0.283. The zero-order chi connectivity index (χ0) is 19.8. The van der Waals surface area contributed by atoms with E-state index in [1.165, 1.54) is 22.0 Å². The van der Waals surface area contributed by atoms with Crippen LogP contribution in [0.3, 0.4) is 0 Å². The summed E-state index contributed by atoms with van der Waals surface area (Å²) in [5, 5.41) is 1.43. The van der Waals surface area contributed by atoms with Crippen molar-refractivity contribution in [2.45, 2.75) is 98.2 Å². The molecule has 0 unspecified atom stereocenters. The fourth-order valence-electron chi connectivity index (χ4n) is 2.58. The minimum absolute atomic E-state index is 0.116. The monoisotopic (exact) mass is 373 g/mol. The second-order valence-electron chi connectivity index (χ2n) is 11.3. The van der Waals surface area contributed by atoms with Gasteiger partial charge in [0.05, 0.1) is 0 Å². The Hall–Kier alpha value is -0.573. The van der Waals surface area contributed by atoms with E-state index in [1.807, 2.05) is 0 Å². The van der Waals surface area contributed by atoms with Crippen molar-refractivity contribution < 1.29 is 0 Å². The summed E-state index contributed by atoms with van der Waals surface area (Å²) in [6.45, 7) is 27.8. The highest BCUT2D eigenvalue weighted by atomic mass is 31.1. The predicted molar refractivity (Wildman–Crippen MR) is 120 cm³/mol. The summed E-state index contributed by atoms with van der Waals surface area (Å²) in [6.07, 6.45) is 0. The van der Waals surface area contributed by atoms with Gasteiger partial charge >= 0.3 is 0 Å². The van der Waals surface area contributed by atoms with E-state index in [-0.39, 0.29) is 16.2 Å². The smallest absolute Gasteiger partial charge is 0.125 e. The van der Waals surface area contributed by atoms with Crippen LogP contribution in [-0.2, 0) is 16.2 Å². The molecule has 140 valence electrons. The van der Waals surface area contributed by atoms with Crippen LogP contribution in [0.2, 0.25) is 19.6 Å². The van der Waals surface area contributed by atoms with Gasteiger partial charge in [-0.1, -0.05) is 105 Å². The first-order valence-corrected chi connectivity index (χ1v) is 13.7. The number of rotatable bonds is 1. The summed E-state index contributed by atoms with van der Waals surface area (Å²) < 4.78 is 0. The predicted octanol–water partition coefficient (Wildman–Crippen LogP) is 6.99. The molecule has 2 heteroatoms. The van der Waals surface area contributed by atoms with Crippen LogP contribution >= 0.6 is 8.58 Å². The molecule has 0 radical (unpaired) electrons. The molecule has 1 aromatic carbocycles. The van der Waals surface area contributed by atoms with Gasteiger partial charge in [0.15, 0.2) is 0 Å². The fourth-order valence-corrected chi connectivity index (χ4v) is 5.30. The third-order valence-corrected chi connectivity index (χ3v) is 6.21. The lowest BCUT2D eigenvalue weighted by Crippen LogP contribution is -2.30. The van der Waals surface area contributed by atoms with Gasteiger partial charge < -0.3 is 8.58 Å². The highest BCUT2D eigenvalue weighted by molar-refractivity contribution is 7.53. The molecule has 0 aliphatic carbocycles. The molecule has 0 saturated carbocycles. The van der Waals surface area contributed by atoms with Gasteiger partial charge in [0.25, 0.3) is 0 Å². The van der Waals surface area contributed by atoms with E-state index in [0.29, 0.717) is 0 Å². The zero-order valence-corrected chi connectivity index (χ0v) is 20.5. The maximum Gasteiger partial charge on any atom is 0.125 e. The van der Waals surface area contributed by atoms with Gasteiger partial charge in [-0.05, 0) is 21.8 Å². The SMILES string of the molecule is CC(C)(C)c1cc(C(C)(C)C)c([P-]C#C[Si](C)(C)C)c(C(C)(C)C)c1. The topological polar surface area (TPSA) is 0 Å². The van der Waals surface area contributed by atoms with Crippen molar-refractivity contribution in [3.8, 4) is 11.2 Å². The molecule has 1 rings (SSSR count). The third kappa shape index (κ3) is 6.58. The van der Waals surface area contributed by atoms with E-state index in [1.54, 1.807) is 0 Å². The Kier molecular flexibility index (Phi) is 6.48. The first-order chi connectivity index (χ1) is 10.9. The zero-order valence-electron chi connectivity index (χ0n) is 18.6. The molecule has 0 N–H and O–H groups in total. The average Bonchev–Trinajstić information content (AvgIpc) is 2.33. The summed E-state index contributed by atoms with van der Waals surface area (Å²) in [4.78, 5) is 0. The molecule has 0 aliphatic heterocycles. The Bertz CT molecular complexity index is 639. The molecule has 0 amide bonds. The van der Waals surface area contributed by atoms with Crippen molar-refractivity contribution in [3.63, 3.8) is 0 Å². The van der Waals surface area contributed by atoms with Crippen LogP contribution in [0.5, 0.6) is 0 Å². The van der Waals surface area contributed by atoms with Crippen molar-refractivity contribution in [3.05, 3.63) is 28.8 Å². The summed E-state index contributed by atoms with van der Waals surface area (Å²) in [6, 6.07) is 4.88. The molecule has 0 nitrogen and oxygen atoms in total.